The van der Waals surface area contributed by atoms with Gasteiger partial charge in [0, 0.05) is 25.5 Å². The second kappa shape index (κ2) is 2.12. The number of hydrogen-bond acceptors (Lipinski definition) is 1. The number of H-pyrrole nitrogens is 1. The number of aryl methyl sites for hydroxylation is 1. The second-order valence-corrected chi connectivity index (χ2v) is 2.84. The van der Waals surface area contributed by atoms with Crippen molar-refractivity contribution in [1.82, 2.24) is 9.88 Å². The van der Waals surface area contributed by atoms with Gasteiger partial charge in [-0.1, -0.05) is 0 Å². The molecule has 0 aliphatic carbocycles. The summed E-state index contributed by atoms with van der Waals surface area (Å²) in [5, 5.41) is 0. The van der Waals surface area contributed by atoms with E-state index in [1.165, 1.54) is 0 Å². The smallest absolute Gasteiger partial charge is 0.255 e. The van der Waals surface area contributed by atoms with E-state index in [1.54, 1.807) is 6.20 Å². The van der Waals surface area contributed by atoms with Crippen molar-refractivity contribution < 1.29 is 4.79 Å². The SMILES string of the molecule is Cc1c[nH]cc1C(=O)N1CC1. The van der Waals surface area contributed by atoms with Gasteiger partial charge in [0.2, 0.25) is 0 Å². The number of aromatic nitrogens is 1. The first-order chi connectivity index (χ1) is 5.29. The zero-order valence-electron chi connectivity index (χ0n) is 6.42. The molecule has 0 atom stereocenters. The zero-order chi connectivity index (χ0) is 7.84. The predicted octanol–water partition coefficient (Wildman–Crippen LogP) is 0.779. The number of carbonyl (C=O) groups excluding carboxylic acids is 1. The van der Waals surface area contributed by atoms with Crippen LogP contribution >= 0.6 is 0 Å². The first-order valence-corrected chi connectivity index (χ1v) is 3.71. The van der Waals surface area contributed by atoms with Crippen LogP contribution in [0.2, 0.25) is 0 Å². The lowest BCUT2D eigenvalue weighted by Gasteiger charge is -1.98. The summed E-state index contributed by atoms with van der Waals surface area (Å²) in [4.78, 5) is 16.1. The highest BCUT2D eigenvalue weighted by molar-refractivity contribution is 5.96. The minimum atomic E-state index is 0.156. The third-order valence-corrected chi connectivity index (χ3v) is 1.92. The fourth-order valence-electron chi connectivity index (χ4n) is 1.10. The van der Waals surface area contributed by atoms with Crippen LogP contribution < -0.4 is 0 Å². The lowest BCUT2D eigenvalue weighted by molar-refractivity contribution is 0.0885. The average Bonchev–Trinajstić information content (AvgIpc) is 2.74. The predicted molar refractivity (Wildman–Crippen MR) is 41.4 cm³/mol. The van der Waals surface area contributed by atoms with E-state index >= 15 is 0 Å². The zero-order valence-corrected chi connectivity index (χ0v) is 6.42. The van der Waals surface area contributed by atoms with Gasteiger partial charge in [-0.15, -0.1) is 0 Å². The summed E-state index contributed by atoms with van der Waals surface area (Å²) in [6, 6.07) is 0. The molecule has 1 aliphatic heterocycles. The van der Waals surface area contributed by atoms with E-state index < -0.39 is 0 Å². The molecule has 3 heteroatoms. The number of rotatable bonds is 1. The van der Waals surface area contributed by atoms with E-state index in [1.807, 2.05) is 18.0 Å². The number of nitrogens with one attached hydrogen (secondary N) is 1. The van der Waals surface area contributed by atoms with E-state index in [0.29, 0.717) is 0 Å². The summed E-state index contributed by atoms with van der Waals surface area (Å²) >= 11 is 0. The molecule has 2 rings (SSSR count). The molecule has 1 aliphatic rings. The average molecular weight is 150 g/mol. The molecule has 1 fully saturated rings. The van der Waals surface area contributed by atoms with Crippen molar-refractivity contribution in [3.05, 3.63) is 23.5 Å². The highest BCUT2D eigenvalue weighted by Gasteiger charge is 2.26. The monoisotopic (exact) mass is 150 g/mol. The Hall–Kier alpha value is -1.25. The molecule has 1 amide bonds. The van der Waals surface area contributed by atoms with E-state index in [2.05, 4.69) is 4.98 Å². The Balaban J connectivity index is 2.27. The Labute approximate surface area is 65.0 Å². The third-order valence-electron chi connectivity index (χ3n) is 1.92. The molecular formula is C8H10N2O. The van der Waals surface area contributed by atoms with Gasteiger partial charge >= 0.3 is 0 Å². The summed E-state index contributed by atoms with van der Waals surface area (Å²) < 4.78 is 0. The molecule has 0 spiro atoms. The van der Waals surface area contributed by atoms with Crippen molar-refractivity contribution >= 4 is 5.91 Å². The molecule has 0 unspecified atom stereocenters. The third kappa shape index (κ3) is 1.02. The molecule has 0 saturated carbocycles. The van der Waals surface area contributed by atoms with Gasteiger partial charge in [0.15, 0.2) is 0 Å². The molecule has 0 bridgehead atoms. The fourth-order valence-corrected chi connectivity index (χ4v) is 1.10. The van der Waals surface area contributed by atoms with Crippen LogP contribution in [-0.2, 0) is 0 Å². The van der Waals surface area contributed by atoms with Gasteiger partial charge < -0.3 is 9.88 Å². The maximum atomic E-state index is 11.4. The number of hydrogen-bond donors (Lipinski definition) is 1. The molecule has 1 aromatic rings. The topological polar surface area (TPSA) is 35.9 Å². The maximum absolute atomic E-state index is 11.4. The van der Waals surface area contributed by atoms with Crippen LogP contribution in [0.15, 0.2) is 12.4 Å². The quantitative estimate of drug-likeness (QED) is 0.590. The van der Waals surface area contributed by atoms with Crippen LogP contribution in [0.1, 0.15) is 15.9 Å². The summed E-state index contributed by atoms with van der Waals surface area (Å²) in [5.74, 6) is 0.156. The highest BCUT2D eigenvalue weighted by atomic mass is 16.2. The number of amides is 1. The van der Waals surface area contributed by atoms with Crippen LogP contribution in [0.5, 0.6) is 0 Å². The Kier molecular flexibility index (Phi) is 1.24. The van der Waals surface area contributed by atoms with Crippen molar-refractivity contribution in [1.29, 1.82) is 0 Å². The Morgan fingerprint density at radius 1 is 1.55 bits per heavy atom. The minimum absolute atomic E-state index is 0.156. The Bertz CT molecular complexity index is 286. The van der Waals surface area contributed by atoms with Crippen LogP contribution in [0.25, 0.3) is 0 Å². The van der Waals surface area contributed by atoms with Crippen LogP contribution in [0.4, 0.5) is 0 Å². The van der Waals surface area contributed by atoms with Gasteiger partial charge in [0.1, 0.15) is 0 Å². The Morgan fingerprint density at radius 3 is 2.73 bits per heavy atom. The van der Waals surface area contributed by atoms with E-state index in [0.717, 1.165) is 24.2 Å². The van der Waals surface area contributed by atoms with Gasteiger partial charge in [-0.05, 0) is 12.5 Å². The van der Waals surface area contributed by atoms with E-state index in [9.17, 15) is 4.79 Å². The number of aromatic amines is 1. The van der Waals surface area contributed by atoms with Crippen molar-refractivity contribution in [2.75, 3.05) is 13.1 Å². The molecule has 1 saturated heterocycles. The van der Waals surface area contributed by atoms with Crippen LogP contribution in [0.3, 0.4) is 0 Å². The standard InChI is InChI=1S/C8H10N2O/c1-6-4-9-5-7(6)8(11)10-2-3-10/h4-5,9H,2-3H2,1H3. The highest BCUT2D eigenvalue weighted by Crippen LogP contribution is 2.14. The molecule has 0 aromatic carbocycles. The first-order valence-electron chi connectivity index (χ1n) is 3.71. The summed E-state index contributed by atoms with van der Waals surface area (Å²) in [6.45, 7) is 3.78. The molecule has 11 heavy (non-hydrogen) atoms. The van der Waals surface area contributed by atoms with E-state index in [-0.39, 0.29) is 5.91 Å². The fraction of sp³-hybridized carbons (Fsp3) is 0.375. The van der Waals surface area contributed by atoms with E-state index in [4.69, 9.17) is 0 Å². The van der Waals surface area contributed by atoms with Gasteiger partial charge in [-0.2, -0.15) is 0 Å². The normalized spacial score (nSPS) is 15.2. The van der Waals surface area contributed by atoms with Crippen LogP contribution in [-0.4, -0.2) is 28.9 Å². The van der Waals surface area contributed by atoms with Crippen molar-refractivity contribution in [2.45, 2.75) is 6.92 Å². The van der Waals surface area contributed by atoms with Crippen LogP contribution in [0, 0.1) is 6.92 Å². The molecule has 3 nitrogen and oxygen atoms in total. The number of carbonyl (C=O) groups is 1. The Morgan fingerprint density at radius 2 is 2.27 bits per heavy atom. The van der Waals surface area contributed by atoms with Gasteiger partial charge in [0.25, 0.3) is 5.91 Å². The summed E-state index contributed by atoms with van der Waals surface area (Å²) in [5.41, 5.74) is 1.84. The lowest BCUT2D eigenvalue weighted by Crippen LogP contribution is -2.10. The maximum Gasteiger partial charge on any atom is 0.255 e. The van der Waals surface area contributed by atoms with Gasteiger partial charge in [-0.3, -0.25) is 4.79 Å². The molecule has 2 heterocycles. The molecule has 58 valence electrons. The van der Waals surface area contributed by atoms with Crippen molar-refractivity contribution in [3.8, 4) is 0 Å². The molecular weight excluding hydrogens is 140 g/mol. The summed E-state index contributed by atoms with van der Waals surface area (Å²) in [7, 11) is 0. The molecule has 1 aromatic heterocycles. The molecule has 0 radical (unpaired) electrons. The molecule has 1 N–H and O–H groups in total. The largest absolute Gasteiger partial charge is 0.367 e. The minimum Gasteiger partial charge on any atom is -0.367 e. The summed E-state index contributed by atoms with van der Waals surface area (Å²) in [6.07, 6.45) is 3.60. The second-order valence-electron chi connectivity index (χ2n) is 2.84. The first kappa shape index (κ1) is 6.46. The van der Waals surface area contributed by atoms with Crippen molar-refractivity contribution in [2.24, 2.45) is 0 Å². The van der Waals surface area contributed by atoms with Gasteiger partial charge in [0.05, 0.1) is 5.56 Å². The van der Waals surface area contributed by atoms with Gasteiger partial charge in [-0.25, -0.2) is 0 Å². The number of nitrogens with zero attached hydrogens (tertiary/aromatic N) is 1. The lowest BCUT2D eigenvalue weighted by atomic mass is 10.2. The van der Waals surface area contributed by atoms with Crippen molar-refractivity contribution in [3.63, 3.8) is 0 Å².